The van der Waals surface area contributed by atoms with Crippen LogP contribution in [-0.4, -0.2) is 9.78 Å². The molecule has 0 atom stereocenters. The summed E-state index contributed by atoms with van der Waals surface area (Å²) in [4.78, 5) is 0. The van der Waals surface area contributed by atoms with E-state index < -0.39 is 0 Å². The number of hydrogen-bond acceptors (Lipinski definition) is 2. The maximum absolute atomic E-state index is 13.8. The van der Waals surface area contributed by atoms with Gasteiger partial charge in [-0.1, -0.05) is 12.1 Å². The van der Waals surface area contributed by atoms with E-state index in [0.29, 0.717) is 12.2 Å². The topological polar surface area (TPSA) is 43.8 Å². The smallest absolute Gasteiger partial charge is 0.148 e. The first-order chi connectivity index (χ1) is 8.31. The van der Waals surface area contributed by atoms with E-state index in [1.165, 1.54) is 11.6 Å². The van der Waals surface area contributed by atoms with Gasteiger partial charge in [0.15, 0.2) is 0 Å². The van der Waals surface area contributed by atoms with Crippen molar-refractivity contribution in [3.63, 3.8) is 0 Å². The van der Waals surface area contributed by atoms with Crippen LogP contribution in [0.25, 0.3) is 5.69 Å². The van der Waals surface area contributed by atoms with Gasteiger partial charge in [0.05, 0.1) is 5.69 Å². The van der Waals surface area contributed by atoms with Crippen LogP contribution in [-0.2, 0) is 19.4 Å². The fourth-order valence-corrected chi connectivity index (χ4v) is 2.50. The van der Waals surface area contributed by atoms with Crippen LogP contribution in [0, 0.1) is 5.82 Å². The highest BCUT2D eigenvalue weighted by Crippen LogP contribution is 2.28. The summed E-state index contributed by atoms with van der Waals surface area (Å²) in [6.07, 6.45) is 3.07. The van der Waals surface area contributed by atoms with E-state index in [4.69, 9.17) is 5.73 Å². The molecule has 3 rings (SSSR count). The third-order valence-electron chi connectivity index (χ3n) is 3.29. The fourth-order valence-electron chi connectivity index (χ4n) is 2.50. The Bertz CT molecular complexity index is 560. The summed E-state index contributed by atoms with van der Waals surface area (Å²) in [5.74, 6) is -0.242. The Labute approximate surface area is 99.1 Å². The number of rotatable bonds is 2. The number of fused-ring (bicyclic) bond motifs is 1. The number of nitrogens with zero attached hydrogens (tertiary/aromatic N) is 2. The summed E-state index contributed by atoms with van der Waals surface area (Å²) < 4.78 is 15.5. The quantitative estimate of drug-likeness (QED) is 0.858. The molecule has 88 valence electrons. The minimum Gasteiger partial charge on any atom is -0.325 e. The van der Waals surface area contributed by atoms with E-state index in [9.17, 15) is 4.39 Å². The van der Waals surface area contributed by atoms with Crippen molar-refractivity contribution in [2.24, 2.45) is 5.73 Å². The fraction of sp³-hybridized carbons (Fsp3) is 0.308. The van der Waals surface area contributed by atoms with E-state index >= 15 is 0 Å². The Hall–Kier alpha value is -1.68. The van der Waals surface area contributed by atoms with Crippen LogP contribution in [0.3, 0.4) is 0 Å². The molecule has 2 N–H and O–H groups in total. The zero-order valence-corrected chi connectivity index (χ0v) is 9.49. The molecule has 1 aliphatic carbocycles. The van der Waals surface area contributed by atoms with Crippen LogP contribution in [0.4, 0.5) is 4.39 Å². The lowest BCUT2D eigenvalue weighted by Gasteiger charge is -2.06. The highest BCUT2D eigenvalue weighted by atomic mass is 19.1. The van der Waals surface area contributed by atoms with Crippen LogP contribution >= 0.6 is 0 Å². The van der Waals surface area contributed by atoms with Gasteiger partial charge in [0.25, 0.3) is 0 Å². The Morgan fingerprint density at radius 1 is 1.29 bits per heavy atom. The van der Waals surface area contributed by atoms with Gasteiger partial charge >= 0.3 is 0 Å². The van der Waals surface area contributed by atoms with Crippen molar-refractivity contribution in [1.29, 1.82) is 0 Å². The normalized spacial score (nSPS) is 14.0. The maximum atomic E-state index is 13.8. The van der Waals surface area contributed by atoms with E-state index in [0.717, 1.165) is 30.7 Å². The van der Waals surface area contributed by atoms with Gasteiger partial charge in [-0.25, -0.2) is 9.07 Å². The molecule has 2 aromatic rings. The average Bonchev–Trinajstić information content (AvgIpc) is 2.91. The SMILES string of the molecule is NCc1nn(-c2ccccc2F)c2c1CCC2. The van der Waals surface area contributed by atoms with Crippen molar-refractivity contribution in [2.45, 2.75) is 25.8 Å². The Kier molecular flexibility index (Phi) is 2.44. The predicted molar refractivity (Wildman–Crippen MR) is 63.4 cm³/mol. The zero-order chi connectivity index (χ0) is 11.8. The molecule has 1 heterocycles. The molecule has 0 fully saturated rings. The average molecular weight is 231 g/mol. The Morgan fingerprint density at radius 2 is 2.12 bits per heavy atom. The summed E-state index contributed by atoms with van der Waals surface area (Å²) in [5.41, 5.74) is 9.44. The molecule has 0 bridgehead atoms. The van der Waals surface area contributed by atoms with Gasteiger partial charge in [0.2, 0.25) is 0 Å². The molecule has 0 aliphatic heterocycles. The van der Waals surface area contributed by atoms with Gasteiger partial charge in [0, 0.05) is 12.2 Å². The maximum Gasteiger partial charge on any atom is 0.148 e. The summed E-state index contributed by atoms with van der Waals surface area (Å²) in [6, 6.07) is 6.72. The van der Waals surface area contributed by atoms with Gasteiger partial charge in [-0.15, -0.1) is 0 Å². The van der Waals surface area contributed by atoms with E-state index in [1.54, 1.807) is 16.8 Å². The van der Waals surface area contributed by atoms with Crippen molar-refractivity contribution in [2.75, 3.05) is 0 Å². The van der Waals surface area contributed by atoms with E-state index in [-0.39, 0.29) is 5.82 Å². The van der Waals surface area contributed by atoms with Gasteiger partial charge in [-0.3, -0.25) is 0 Å². The van der Waals surface area contributed by atoms with Crippen molar-refractivity contribution >= 4 is 0 Å². The lowest BCUT2D eigenvalue weighted by atomic mass is 10.2. The van der Waals surface area contributed by atoms with E-state index in [2.05, 4.69) is 5.10 Å². The molecule has 0 unspecified atom stereocenters. The van der Waals surface area contributed by atoms with Crippen molar-refractivity contribution in [1.82, 2.24) is 9.78 Å². The molecule has 0 saturated heterocycles. The van der Waals surface area contributed by atoms with E-state index in [1.807, 2.05) is 6.07 Å². The second-order valence-corrected chi connectivity index (χ2v) is 4.29. The number of nitrogens with two attached hydrogens (primary N) is 1. The summed E-state index contributed by atoms with van der Waals surface area (Å²) in [5, 5.41) is 4.43. The lowest BCUT2D eigenvalue weighted by molar-refractivity contribution is 0.604. The highest BCUT2D eigenvalue weighted by Gasteiger charge is 2.23. The first kappa shape index (κ1) is 10.5. The molecule has 17 heavy (non-hydrogen) atoms. The van der Waals surface area contributed by atoms with Crippen LogP contribution in [0.2, 0.25) is 0 Å². The summed E-state index contributed by atoms with van der Waals surface area (Å²) >= 11 is 0. The second-order valence-electron chi connectivity index (χ2n) is 4.29. The first-order valence-electron chi connectivity index (χ1n) is 5.86. The minimum atomic E-state index is -0.242. The monoisotopic (exact) mass is 231 g/mol. The number of halogens is 1. The summed E-state index contributed by atoms with van der Waals surface area (Å²) in [6.45, 7) is 0.420. The Morgan fingerprint density at radius 3 is 2.88 bits per heavy atom. The van der Waals surface area contributed by atoms with Gasteiger partial charge < -0.3 is 5.73 Å². The van der Waals surface area contributed by atoms with Crippen LogP contribution in [0.1, 0.15) is 23.4 Å². The molecule has 1 aromatic carbocycles. The molecule has 3 nitrogen and oxygen atoms in total. The third kappa shape index (κ3) is 1.56. The second kappa shape index (κ2) is 3.96. The van der Waals surface area contributed by atoms with Gasteiger partial charge in [-0.2, -0.15) is 5.10 Å². The zero-order valence-electron chi connectivity index (χ0n) is 9.49. The Balaban J connectivity index is 2.19. The molecular formula is C13H14FN3. The predicted octanol–water partition coefficient (Wildman–Crippen LogP) is 1.96. The highest BCUT2D eigenvalue weighted by molar-refractivity contribution is 5.40. The van der Waals surface area contributed by atoms with Crippen LogP contribution in [0.5, 0.6) is 0 Å². The number of para-hydroxylation sites is 1. The van der Waals surface area contributed by atoms with Crippen molar-refractivity contribution < 1.29 is 4.39 Å². The molecule has 0 amide bonds. The molecule has 1 aromatic heterocycles. The van der Waals surface area contributed by atoms with Crippen LogP contribution < -0.4 is 5.73 Å². The third-order valence-corrected chi connectivity index (χ3v) is 3.29. The largest absolute Gasteiger partial charge is 0.325 e. The summed E-state index contributed by atoms with van der Waals surface area (Å²) in [7, 11) is 0. The minimum absolute atomic E-state index is 0.242. The number of hydrogen-bond donors (Lipinski definition) is 1. The number of benzene rings is 1. The lowest BCUT2D eigenvalue weighted by Crippen LogP contribution is -2.05. The standard InChI is InChI=1S/C13H14FN3/c14-10-5-1-2-6-13(10)17-12-7-3-4-9(12)11(8-15)16-17/h1-2,5-6H,3-4,7-8,15H2. The number of aromatic nitrogens is 2. The molecule has 1 aliphatic rings. The van der Waals surface area contributed by atoms with Crippen molar-refractivity contribution in [3.8, 4) is 5.69 Å². The molecule has 4 heteroatoms. The molecular weight excluding hydrogens is 217 g/mol. The first-order valence-corrected chi connectivity index (χ1v) is 5.86. The van der Waals surface area contributed by atoms with Gasteiger partial charge in [-0.05, 0) is 37.0 Å². The van der Waals surface area contributed by atoms with Gasteiger partial charge in [0.1, 0.15) is 11.5 Å². The van der Waals surface area contributed by atoms with Crippen LogP contribution in [0.15, 0.2) is 24.3 Å². The molecule has 0 spiro atoms. The van der Waals surface area contributed by atoms with Crippen molar-refractivity contribution in [3.05, 3.63) is 47.0 Å². The molecule has 0 saturated carbocycles. The molecule has 0 radical (unpaired) electrons.